The minimum atomic E-state index is -0.752. The Labute approximate surface area is 151 Å². The van der Waals surface area contributed by atoms with Crippen LogP contribution in [0.15, 0.2) is 62.5 Å². The fourth-order valence-electron chi connectivity index (χ4n) is 2.71. The van der Waals surface area contributed by atoms with E-state index in [9.17, 15) is 13.6 Å². The summed E-state index contributed by atoms with van der Waals surface area (Å²) in [5, 5.41) is 8.08. The summed E-state index contributed by atoms with van der Waals surface area (Å²) in [5.41, 5.74) is 0.513. The SMILES string of the molecule is Cc1cc(-c2cc(=O)n(Cc3c(F)cccc3F)nc2-c2ccco2)on1. The van der Waals surface area contributed by atoms with Crippen LogP contribution in [0.1, 0.15) is 11.3 Å². The van der Waals surface area contributed by atoms with Gasteiger partial charge in [-0.3, -0.25) is 4.79 Å². The summed E-state index contributed by atoms with van der Waals surface area (Å²) >= 11 is 0. The van der Waals surface area contributed by atoms with Crippen LogP contribution < -0.4 is 5.56 Å². The molecule has 27 heavy (non-hydrogen) atoms. The second-order valence-electron chi connectivity index (χ2n) is 5.91. The Morgan fingerprint density at radius 3 is 2.48 bits per heavy atom. The van der Waals surface area contributed by atoms with Gasteiger partial charge in [0.1, 0.15) is 17.3 Å². The lowest BCUT2D eigenvalue weighted by molar-refractivity contribution is 0.426. The Bertz CT molecular complexity index is 1140. The van der Waals surface area contributed by atoms with Crippen molar-refractivity contribution in [2.75, 3.05) is 0 Å². The van der Waals surface area contributed by atoms with Gasteiger partial charge in [0.25, 0.3) is 5.56 Å². The summed E-state index contributed by atoms with van der Waals surface area (Å²) in [5.74, 6) is -0.786. The molecule has 0 radical (unpaired) electrons. The normalized spacial score (nSPS) is 11.1. The zero-order valence-corrected chi connectivity index (χ0v) is 14.1. The quantitative estimate of drug-likeness (QED) is 0.547. The molecule has 8 heteroatoms. The Morgan fingerprint density at radius 2 is 1.85 bits per heavy atom. The summed E-state index contributed by atoms with van der Waals surface area (Å²) in [6, 6.07) is 9.78. The second-order valence-corrected chi connectivity index (χ2v) is 5.91. The van der Waals surface area contributed by atoms with Crippen LogP contribution in [-0.4, -0.2) is 14.9 Å². The van der Waals surface area contributed by atoms with Crippen LogP contribution in [-0.2, 0) is 6.54 Å². The highest BCUT2D eigenvalue weighted by Crippen LogP contribution is 2.30. The Balaban J connectivity index is 1.87. The van der Waals surface area contributed by atoms with Crippen molar-refractivity contribution in [3.63, 3.8) is 0 Å². The maximum absolute atomic E-state index is 14.0. The first-order chi connectivity index (χ1) is 13.0. The molecule has 4 rings (SSSR count). The molecule has 0 saturated heterocycles. The minimum Gasteiger partial charge on any atom is -0.463 e. The van der Waals surface area contributed by atoms with Crippen LogP contribution in [0.25, 0.3) is 22.8 Å². The number of furan rings is 1. The van der Waals surface area contributed by atoms with Gasteiger partial charge < -0.3 is 8.94 Å². The standard InChI is InChI=1S/C19H13F2N3O3/c1-11-8-17(27-23-11)12-9-18(25)24(22-19(12)16-6-3-7-26-16)10-13-14(20)4-2-5-15(13)21/h2-9H,10H2,1H3. The molecule has 6 nitrogen and oxygen atoms in total. The number of hydrogen-bond donors (Lipinski definition) is 0. The monoisotopic (exact) mass is 369 g/mol. The fraction of sp³-hybridized carbons (Fsp3) is 0.105. The number of hydrogen-bond acceptors (Lipinski definition) is 5. The van der Waals surface area contributed by atoms with Crippen molar-refractivity contribution in [1.29, 1.82) is 0 Å². The maximum atomic E-state index is 14.0. The van der Waals surface area contributed by atoms with Gasteiger partial charge in [-0.05, 0) is 31.2 Å². The third-order valence-electron chi connectivity index (χ3n) is 4.02. The topological polar surface area (TPSA) is 74.1 Å². The van der Waals surface area contributed by atoms with Crippen LogP contribution >= 0.6 is 0 Å². The molecule has 1 aromatic carbocycles. The fourth-order valence-corrected chi connectivity index (χ4v) is 2.71. The Morgan fingerprint density at radius 1 is 1.07 bits per heavy atom. The second kappa shape index (κ2) is 6.64. The van der Waals surface area contributed by atoms with Gasteiger partial charge in [0.15, 0.2) is 11.5 Å². The van der Waals surface area contributed by atoms with Gasteiger partial charge in [0.2, 0.25) is 0 Å². The Kier molecular flexibility index (Phi) is 4.15. The van der Waals surface area contributed by atoms with Crippen molar-refractivity contribution >= 4 is 0 Å². The number of aryl methyl sites for hydroxylation is 1. The lowest BCUT2D eigenvalue weighted by atomic mass is 10.1. The molecular formula is C19H13F2N3O3. The van der Waals surface area contributed by atoms with Crippen LogP contribution in [0.3, 0.4) is 0 Å². The van der Waals surface area contributed by atoms with E-state index in [-0.39, 0.29) is 12.1 Å². The molecule has 0 atom stereocenters. The summed E-state index contributed by atoms with van der Waals surface area (Å²) < 4.78 is 39.5. The first kappa shape index (κ1) is 16.9. The molecule has 3 aromatic heterocycles. The number of rotatable bonds is 4. The molecule has 0 fully saturated rings. The predicted molar refractivity (Wildman–Crippen MR) is 91.9 cm³/mol. The van der Waals surface area contributed by atoms with Crippen molar-refractivity contribution in [3.05, 3.63) is 82.0 Å². The van der Waals surface area contributed by atoms with E-state index >= 15 is 0 Å². The zero-order chi connectivity index (χ0) is 19.0. The van der Waals surface area contributed by atoms with Crippen molar-refractivity contribution in [3.8, 4) is 22.8 Å². The smallest absolute Gasteiger partial charge is 0.267 e. The molecule has 3 heterocycles. The molecule has 0 unspecified atom stereocenters. The lowest BCUT2D eigenvalue weighted by Gasteiger charge is -2.10. The molecule has 0 aliphatic heterocycles. The zero-order valence-electron chi connectivity index (χ0n) is 14.1. The van der Waals surface area contributed by atoms with Gasteiger partial charge in [-0.1, -0.05) is 11.2 Å². The van der Waals surface area contributed by atoms with Crippen LogP contribution in [0.2, 0.25) is 0 Å². The average molecular weight is 369 g/mol. The third-order valence-corrected chi connectivity index (χ3v) is 4.02. The molecule has 0 saturated carbocycles. The van der Waals surface area contributed by atoms with Crippen molar-refractivity contribution < 1.29 is 17.7 Å². The number of benzene rings is 1. The molecule has 0 aliphatic rings. The first-order valence-corrected chi connectivity index (χ1v) is 8.05. The highest BCUT2D eigenvalue weighted by molar-refractivity contribution is 5.74. The highest BCUT2D eigenvalue weighted by Gasteiger charge is 2.19. The number of halogens is 2. The predicted octanol–water partition coefficient (Wildman–Crippen LogP) is 3.79. The van der Waals surface area contributed by atoms with Gasteiger partial charge in [0.05, 0.1) is 24.1 Å². The molecule has 136 valence electrons. The van der Waals surface area contributed by atoms with Gasteiger partial charge in [0, 0.05) is 17.7 Å². The van der Waals surface area contributed by atoms with Crippen LogP contribution in [0.5, 0.6) is 0 Å². The van der Waals surface area contributed by atoms with Crippen molar-refractivity contribution in [2.24, 2.45) is 0 Å². The van der Waals surface area contributed by atoms with Gasteiger partial charge in [-0.25, -0.2) is 13.5 Å². The summed E-state index contributed by atoms with van der Waals surface area (Å²) in [7, 11) is 0. The van der Waals surface area contributed by atoms with E-state index in [4.69, 9.17) is 8.94 Å². The molecular weight excluding hydrogens is 356 g/mol. The Hall–Kier alpha value is -3.55. The summed E-state index contributed by atoms with van der Waals surface area (Å²) in [4.78, 5) is 12.5. The molecule has 0 spiro atoms. The minimum absolute atomic E-state index is 0.249. The first-order valence-electron chi connectivity index (χ1n) is 8.05. The van der Waals surface area contributed by atoms with Crippen LogP contribution in [0, 0.1) is 18.6 Å². The van der Waals surface area contributed by atoms with E-state index in [1.807, 2.05) is 0 Å². The lowest BCUT2D eigenvalue weighted by Crippen LogP contribution is -2.24. The van der Waals surface area contributed by atoms with Gasteiger partial charge in [-0.15, -0.1) is 0 Å². The van der Waals surface area contributed by atoms with Gasteiger partial charge >= 0.3 is 0 Å². The number of aromatic nitrogens is 3. The summed E-state index contributed by atoms with van der Waals surface area (Å²) in [6.45, 7) is 1.38. The van der Waals surface area contributed by atoms with Crippen molar-refractivity contribution in [2.45, 2.75) is 13.5 Å². The number of nitrogens with zero attached hydrogens (tertiary/aromatic N) is 3. The molecule has 0 N–H and O–H groups in total. The van der Waals surface area contributed by atoms with E-state index in [0.717, 1.165) is 16.8 Å². The molecule has 0 amide bonds. The van der Waals surface area contributed by atoms with E-state index in [1.165, 1.54) is 18.4 Å². The third kappa shape index (κ3) is 3.17. The molecule has 4 aromatic rings. The van der Waals surface area contributed by atoms with E-state index in [1.54, 1.807) is 25.1 Å². The van der Waals surface area contributed by atoms with Gasteiger partial charge in [-0.2, -0.15) is 5.10 Å². The summed E-state index contributed by atoms with van der Waals surface area (Å²) in [6.07, 6.45) is 1.46. The molecule has 0 bridgehead atoms. The van der Waals surface area contributed by atoms with Crippen molar-refractivity contribution in [1.82, 2.24) is 14.9 Å². The van der Waals surface area contributed by atoms with E-state index < -0.39 is 17.2 Å². The molecule has 0 aliphatic carbocycles. The maximum Gasteiger partial charge on any atom is 0.267 e. The van der Waals surface area contributed by atoms with E-state index in [0.29, 0.717) is 28.5 Å². The average Bonchev–Trinajstić information content (AvgIpc) is 3.31. The van der Waals surface area contributed by atoms with Crippen LogP contribution in [0.4, 0.5) is 8.78 Å². The highest BCUT2D eigenvalue weighted by atomic mass is 19.1. The largest absolute Gasteiger partial charge is 0.463 e. The van der Waals surface area contributed by atoms with E-state index in [2.05, 4.69) is 10.3 Å².